The van der Waals surface area contributed by atoms with Crippen LogP contribution < -0.4 is 5.56 Å². The van der Waals surface area contributed by atoms with E-state index in [0.717, 1.165) is 16.6 Å². The van der Waals surface area contributed by atoms with Gasteiger partial charge in [-0.1, -0.05) is 54.1 Å². The van der Waals surface area contributed by atoms with Crippen LogP contribution in [0, 0.1) is 0 Å². The van der Waals surface area contributed by atoms with Crippen molar-refractivity contribution < 1.29 is 9.59 Å². The van der Waals surface area contributed by atoms with Crippen LogP contribution in [0.4, 0.5) is 0 Å². The summed E-state index contributed by atoms with van der Waals surface area (Å²) in [5.74, 6) is -0.693. The Morgan fingerprint density at radius 3 is 1.97 bits per heavy atom. The molecule has 0 aliphatic carbocycles. The second-order valence-electron chi connectivity index (χ2n) is 7.63. The number of nitrogens with zero attached hydrogens (tertiary/aromatic N) is 3. The highest BCUT2D eigenvalue weighted by molar-refractivity contribution is 6.30. The lowest BCUT2D eigenvalue weighted by atomic mass is 10.0. The molecular weight excluding hydrogens is 426 g/mol. The van der Waals surface area contributed by atoms with E-state index >= 15 is 0 Å². The van der Waals surface area contributed by atoms with Gasteiger partial charge in [-0.3, -0.25) is 19.3 Å². The van der Waals surface area contributed by atoms with Crippen LogP contribution in [-0.2, 0) is 13.0 Å². The molecule has 2 amide bonds. The maximum Gasteiger partial charge on any atom is 0.274 e. The molecule has 0 unspecified atom stereocenters. The normalized spacial score (nSPS) is 13.1. The van der Waals surface area contributed by atoms with E-state index in [1.54, 1.807) is 30.3 Å². The van der Waals surface area contributed by atoms with Crippen molar-refractivity contribution in [3.05, 3.63) is 111 Å². The van der Waals surface area contributed by atoms with Gasteiger partial charge < -0.3 is 0 Å². The van der Waals surface area contributed by atoms with Crippen LogP contribution in [0.1, 0.15) is 32.0 Å². The lowest BCUT2D eigenvalue weighted by Crippen LogP contribution is -2.36. The highest BCUT2D eigenvalue weighted by Gasteiger charge is 2.34. The molecule has 0 N–H and O–H groups in total. The number of fused-ring (bicyclic) bond motifs is 2. The van der Waals surface area contributed by atoms with E-state index in [-0.39, 0.29) is 30.5 Å². The van der Waals surface area contributed by atoms with Crippen LogP contribution in [0.15, 0.2) is 77.6 Å². The smallest absolute Gasteiger partial charge is 0.272 e. The Balaban J connectivity index is 1.47. The molecule has 2 heterocycles. The Bertz CT molecular complexity index is 1390. The monoisotopic (exact) mass is 443 g/mol. The van der Waals surface area contributed by atoms with Gasteiger partial charge in [0.05, 0.1) is 28.8 Å². The van der Waals surface area contributed by atoms with Gasteiger partial charge in [0.25, 0.3) is 17.4 Å². The summed E-state index contributed by atoms with van der Waals surface area (Å²) in [6, 6.07) is 21.5. The summed E-state index contributed by atoms with van der Waals surface area (Å²) in [6.45, 7) is 0.181. The van der Waals surface area contributed by atoms with Crippen molar-refractivity contribution in [1.29, 1.82) is 0 Å². The highest BCUT2D eigenvalue weighted by atomic mass is 35.5. The van der Waals surface area contributed by atoms with Crippen molar-refractivity contribution in [2.24, 2.45) is 0 Å². The number of carbonyl (C=O) groups is 2. The maximum absolute atomic E-state index is 13.1. The molecule has 0 spiro atoms. The standard InChI is InChI=1S/C25H18ClN3O3/c26-17-11-9-16(10-12-17)15-22-18-5-1-2-6-19(18)25(32)29(27-22)14-13-28-23(30)20-7-3-4-8-21(20)24(28)31/h1-12H,13-15H2. The van der Waals surface area contributed by atoms with Crippen LogP contribution in [-0.4, -0.2) is 33.0 Å². The first kappa shape index (κ1) is 20.2. The molecule has 5 rings (SSSR count). The van der Waals surface area contributed by atoms with Crippen molar-refractivity contribution in [1.82, 2.24) is 14.7 Å². The lowest BCUT2D eigenvalue weighted by molar-refractivity contribution is 0.0647. The van der Waals surface area contributed by atoms with Crippen LogP contribution >= 0.6 is 11.6 Å². The van der Waals surface area contributed by atoms with Gasteiger partial charge in [0.15, 0.2) is 0 Å². The van der Waals surface area contributed by atoms with Gasteiger partial charge >= 0.3 is 0 Å². The molecule has 0 radical (unpaired) electrons. The second-order valence-corrected chi connectivity index (χ2v) is 8.07. The molecule has 6 nitrogen and oxygen atoms in total. The molecule has 1 aromatic heterocycles. The number of benzene rings is 3. The predicted octanol–water partition coefficient (Wildman–Crippen LogP) is 3.94. The molecule has 1 aliphatic heterocycles. The molecule has 0 fully saturated rings. The Morgan fingerprint density at radius 1 is 0.719 bits per heavy atom. The molecular formula is C25H18ClN3O3. The lowest BCUT2D eigenvalue weighted by Gasteiger charge is -2.16. The highest BCUT2D eigenvalue weighted by Crippen LogP contribution is 2.22. The molecule has 4 aromatic rings. The number of imide groups is 1. The zero-order chi connectivity index (χ0) is 22.2. The predicted molar refractivity (Wildman–Crippen MR) is 122 cm³/mol. The molecule has 1 aliphatic rings. The van der Waals surface area contributed by atoms with E-state index in [1.807, 2.05) is 42.5 Å². The largest absolute Gasteiger partial charge is 0.274 e. The average molecular weight is 444 g/mol. The van der Waals surface area contributed by atoms with Gasteiger partial charge in [-0.2, -0.15) is 5.10 Å². The van der Waals surface area contributed by atoms with E-state index < -0.39 is 0 Å². The molecule has 3 aromatic carbocycles. The summed E-state index contributed by atoms with van der Waals surface area (Å²) in [4.78, 5) is 39.5. The second kappa shape index (κ2) is 8.05. The van der Waals surface area contributed by atoms with Gasteiger partial charge in [-0.25, -0.2) is 4.68 Å². The van der Waals surface area contributed by atoms with E-state index in [2.05, 4.69) is 5.10 Å². The van der Waals surface area contributed by atoms with Crippen molar-refractivity contribution in [2.45, 2.75) is 13.0 Å². The van der Waals surface area contributed by atoms with Crippen molar-refractivity contribution in [2.75, 3.05) is 6.54 Å². The molecule has 158 valence electrons. The molecule has 0 saturated heterocycles. The molecule has 32 heavy (non-hydrogen) atoms. The van der Waals surface area contributed by atoms with Crippen molar-refractivity contribution in [3.63, 3.8) is 0 Å². The van der Waals surface area contributed by atoms with Crippen LogP contribution in [0.25, 0.3) is 10.8 Å². The summed E-state index contributed by atoms with van der Waals surface area (Å²) in [6.07, 6.45) is 0.519. The van der Waals surface area contributed by atoms with E-state index in [9.17, 15) is 14.4 Å². The van der Waals surface area contributed by atoms with Crippen LogP contribution in [0.5, 0.6) is 0 Å². The summed E-state index contributed by atoms with van der Waals surface area (Å²) in [7, 11) is 0. The first-order chi connectivity index (χ1) is 15.5. The zero-order valence-electron chi connectivity index (χ0n) is 17.0. The summed E-state index contributed by atoms with van der Waals surface area (Å²) >= 11 is 6.00. The quantitative estimate of drug-likeness (QED) is 0.438. The van der Waals surface area contributed by atoms with Crippen LogP contribution in [0.3, 0.4) is 0 Å². The third-order valence-electron chi connectivity index (χ3n) is 5.64. The van der Waals surface area contributed by atoms with Gasteiger partial charge in [0.2, 0.25) is 0 Å². The Kier molecular flexibility index (Phi) is 5.07. The minimum Gasteiger partial charge on any atom is -0.272 e. The average Bonchev–Trinajstić information content (AvgIpc) is 3.06. The first-order valence-electron chi connectivity index (χ1n) is 10.2. The van der Waals surface area contributed by atoms with Gasteiger partial charge in [-0.05, 0) is 35.9 Å². The minimum atomic E-state index is -0.346. The fourth-order valence-electron chi connectivity index (χ4n) is 4.02. The van der Waals surface area contributed by atoms with E-state index in [4.69, 9.17) is 11.6 Å². The molecule has 0 bridgehead atoms. The summed E-state index contributed by atoms with van der Waals surface area (Å²) < 4.78 is 1.34. The Labute approximate surface area is 188 Å². The SMILES string of the molecule is O=C1c2ccccc2C(=O)N1CCn1nc(Cc2ccc(Cl)cc2)c2ccccc2c1=O. The number of aromatic nitrogens is 2. The topological polar surface area (TPSA) is 72.3 Å². The Morgan fingerprint density at radius 2 is 1.31 bits per heavy atom. The van der Waals surface area contributed by atoms with Crippen molar-refractivity contribution >= 4 is 34.2 Å². The first-order valence-corrected chi connectivity index (χ1v) is 10.6. The number of amides is 2. The molecule has 0 saturated carbocycles. The number of hydrogen-bond donors (Lipinski definition) is 0. The van der Waals surface area contributed by atoms with Gasteiger partial charge in [0, 0.05) is 23.4 Å². The van der Waals surface area contributed by atoms with E-state index in [1.165, 1.54) is 9.58 Å². The number of halogens is 1. The van der Waals surface area contributed by atoms with Crippen molar-refractivity contribution in [3.8, 4) is 0 Å². The van der Waals surface area contributed by atoms with Gasteiger partial charge in [0.1, 0.15) is 0 Å². The van der Waals surface area contributed by atoms with Crippen LogP contribution in [0.2, 0.25) is 5.02 Å². The van der Waals surface area contributed by atoms with Gasteiger partial charge in [-0.15, -0.1) is 0 Å². The fourth-order valence-corrected chi connectivity index (χ4v) is 4.15. The fraction of sp³-hybridized carbons (Fsp3) is 0.120. The number of carbonyl (C=O) groups excluding carboxylic acids is 2. The molecule has 0 atom stereocenters. The molecule has 7 heteroatoms. The zero-order valence-corrected chi connectivity index (χ0v) is 17.7. The maximum atomic E-state index is 13.1. The number of rotatable bonds is 5. The summed E-state index contributed by atoms with van der Waals surface area (Å²) in [5.41, 5.74) is 2.28. The third kappa shape index (κ3) is 3.48. The Hall–Kier alpha value is -3.77. The van der Waals surface area contributed by atoms with E-state index in [0.29, 0.717) is 28.0 Å². The minimum absolute atomic E-state index is 0.0674. The third-order valence-corrected chi connectivity index (χ3v) is 5.89. The number of hydrogen-bond acceptors (Lipinski definition) is 4. The summed E-state index contributed by atoms with van der Waals surface area (Å²) in [5, 5.41) is 6.58.